The molecule has 2 aromatic rings. The van der Waals surface area contributed by atoms with E-state index in [9.17, 15) is 18.0 Å². The predicted octanol–water partition coefficient (Wildman–Crippen LogP) is 3.91. The van der Waals surface area contributed by atoms with E-state index in [0.717, 1.165) is 12.1 Å². The van der Waals surface area contributed by atoms with Gasteiger partial charge in [0.2, 0.25) is 5.78 Å². The van der Waals surface area contributed by atoms with Gasteiger partial charge in [-0.15, -0.1) is 24.5 Å². The lowest BCUT2D eigenvalue weighted by atomic mass is 10.3. The topological polar surface area (TPSA) is 35.5 Å². The summed E-state index contributed by atoms with van der Waals surface area (Å²) in [7, 11) is 0. The van der Waals surface area contributed by atoms with Crippen LogP contribution >= 0.6 is 11.3 Å². The van der Waals surface area contributed by atoms with Crippen LogP contribution in [0.2, 0.25) is 0 Å². The molecule has 0 saturated heterocycles. The number of carbonyl (C=O) groups excluding carboxylic acids is 1. The standard InChI is InChI=1S/C13H9F3O3S/c14-13(15,16)19-10-5-3-9(4-6-10)18-8-11(17)12-2-1-7-20-12/h1-7H,8H2. The largest absolute Gasteiger partial charge is 0.573 e. The van der Waals surface area contributed by atoms with Crippen LogP contribution in [0.25, 0.3) is 0 Å². The number of alkyl halides is 3. The summed E-state index contributed by atoms with van der Waals surface area (Å²) < 4.78 is 44.8. The minimum atomic E-state index is -4.72. The molecule has 2 rings (SSSR count). The van der Waals surface area contributed by atoms with Crippen LogP contribution in [-0.4, -0.2) is 18.8 Å². The third-order valence-corrected chi connectivity index (χ3v) is 3.13. The quantitative estimate of drug-likeness (QED) is 0.786. The van der Waals surface area contributed by atoms with Crippen LogP contribution in [0.1, 0.15) is 9.67 Å². The fraction of sp³-hybridized carbons (Fsp3) is 0.154. The van der Waals surface area contributed by atoms with Crippen LogP contribution < -0.4 is 9.47 Å². The molecule has 0 spiro atoms. The third kappa shape index (κ3) is 4.27. The predicted molar refractivity (Wildman–Crippen MR) is 67.3 cm³/mol. The molecular formula is C13H9F3O3S. The zero-order valence-electron chi connectivity index (χ0n) is 10.0. The number of thiophene rings is 1. The first-order valence-corrected chi connectivity index (χ1v) is 6.37. The summed E-state index contributed by atoms with van der Waals surface area (Å²) in [6.45, 7) is -0.167. The Morgan fingerprint density at radius 3 is 2.30 bits per heavy atom. The average Bonchev–Trinajstić information content (AvgIpc) is 2.89. The lowest BCUT2D eigenvalue weighted by molar-refractivity contribution is -0.274. The Bertz CT molecular complexity index is 562. The monoisotopic (exact) mass is 302 g/mol. The van der Waals surface area contributed by atoms with Gasteiger partial charge in [-0.05, 0) is 35.7 Å². The summed E-state index contributed by atoms with van der Waals surface area (Å²) in [5, 5.41) is 1.77. The number of halogens is 3. The lowest BCUT2D eigenvalue weighted by Gasteiger charge is -2.09. The number of benzene rings is 1. The van der Waals surface area contributed by atoms with Gasteiger partial charge in [0.15, 0.2) is 6.61 Å². The highest BCUT2D eigenvalue weighted by atomic mass is 32.1. The minimum absolute atomic E-state index is 0.167. The van der Waals surface area contributed by atoms with Crippen molar-refractivity contribution in [3.8, 4) is 11.5 Å². The van der Waals surface area contributed by atoms with Crippen molar-refractivity contribution in [1.29, 1.82) is 0 Å². The minimum Gasteiger partial charge on any atom is -0.485 e. The summed E-state index contributed by atoms with van der Waals surface area (Å²) >= 11 is 1.30. The average molecular weight is 302 g/mol. The molecule has 0 amide bonds. The second kappa shape index (κ2) is 5.96. The molecule has 0 bridgehead atoms. The molecule has 1 aromatic heterocycles. The van der Waals surface area contributed by atoms with E-state index in [1.807, 2.05) is 0 Å². The molecular weight excluding hydrogens is 293 g/mol. The van der Waals surface area contributed by atoms with E-state index in [2.05, 4.69) is 4.74 Å². The number of rotatable bonds is 5. The highest BCUT2D eigenvalue weighted by Crippen LogP contribution is 2.24. The van der Waals surface area contributed by atoms with E-state index in [1.165, 1.54) is 23.5 Å². The van der Waals surface area contributed by atoms with Gasteiger partial charge in [0.25, 0.3) is 0 Å². The van der Waals surface area contributed by atoms with Crippen LogP contribution in [0.5, 0.6) is 11.5 Å². The highest BCUT2D eigenvalue weighted by molar-refractivity contribution is 7.12. The van der Waals surface area contributed by atoms with Gasteiger partial charge in [0.1, 0.15) is 11.5 Å². The first kappa shape index (κ1) is 14.4. The fourth-order valence-electron chi connectivity index (χ4n) is 1.39. The van der Waals surface area contributed by atoms with Crippen molar-refractivity contribution in [2.75, 3.05) is 6.61 Å². The molecule has 0 saturated carbocycles. The molecule has 3 nitrogen and oxygen atoms in total. The molecule has 20 heavy (non-hydrogen) atoms. The van der Waals surface area contributed by atoms with Crippen molar-refractivity contribution in [2.45, 2.75) is 6.36 Å². The summed E-state index contributed by atoms with van der Waals surface area (Å²) in [6.07, 6.45) is -4.72. The van der Waals surface area contributed by atoms with Gasteiger partial charge in [-0.3, -0.25) is 4.79 Å². The Labute approximate surface area is 116 Å². The van der Waals surface area contributed by atoms with Gasteiger partial charge in [-0.25, -0.2) is 0 Å². The van der Waals surface area contributed by atoms with Crippen LogP contribution in [-0.2, 0) is 0 Å². The zero-order valence-corrected chi connectivity index (χ0v) is 10.8. The molecule has 106 valence electrons. The molecule has 0 unspecified atom stereocenters. The van der Waals surface area contributed by atoms with Crippen molar-refractivity contribution < 1.29 is 27.4 Å². The van der Waals surface area contributed by atoms with E-state index < -0.39 is 6.36 Å². The Morgan fingerprint density at radius 1 is 1.10 bits per heavy atom. The van der Waals surface area contributed by atoms with Crippen LogP contribution in [0.4, 0.5) is 13.2 Å². The molecule has 0 aliphatic carbocycles. The van der Waals surface area contributed by atoms with E-state index in [4.69, 9.17) is 4.74 Å². The Kier molecular flexibility index (Phi) is 4.29. The molecule has 0 aliphatic rings. The molecule has 7 heteroatoms. The van der Waals surface area contributed by atoms with E-state index in [1.54, 1.807) is 17.5 Å². The number of ketones is 1. The fourth-order valence-corrected chi connectivity index (χ4v) is 2.05. The van der Waals surface area contributed by atoms with E-state index >= 15 is 0 Å². The van der Waals surface area contributed by atoms with Gasteiger partial charge in [0.05, 0.1) is 4.88 Å². The van der Waals surface area contributed by atoms with Gasteiger partial charge >= 0.3 is 6.36 Å². The Hall–Kier alpha value is -2.02. The molecule has 0 fully saturated rings. The molecule has 1 heterocycles. The maximum Gasteiger partial charge on any atom is 0.573 e. The first-order chi connectivity index (χ1) is 9.44. The molecule has 0 atom stereocenters. The van der Waals surface area contributed by atoms with Crippen molar-refractivity contribution in [3.63, 3.8) is 0 Å². The van der Waals surface area contributed by atoms with Crippen LogP contribution in [0, 0.1) is 0 Å². The van der Waals surface area contributed by atoms with Crippen molar-refractivity contribution >= 4 is 17.1 Å². The van der Waals surface area contributed by atoms with E-state index in [-0.39, 0.29) is 18.1 Å². The smallest absolute Gasteiger partial charge is 0.485 e. The lowest BCUT2D eigenvalue weighted by Crippen LogP contribution is -2.17. The van der Waals surface area contributed by atoms with Crippen LogP contribution in [0.3, 0.4) is 0 Å². The second-order valence-electron chi connectivity index (χ2n) is 3.71. The van der Waals surface area contributed by atoms with Crippen molar-refractivity contribution in [1.82, 2.24) is 0 Å². The molecule has 0 aliphatic heterocycles. The van der Waals surface area contributed by atoms with Gasteiger partial charge in [0, 0.05) is 0 Å². The summed E-state index contributed by atoms with van der Waals surface area (Å²) in [4.78, 5) is 12.2. The number of Topliss-reactive ketones (excluding diaryl/α,β-unsaturated/α-hetero) is 1. The highest BCUT2D eigenvalue weighted by Gasteiger charge is 2.30. The summed E-state index contributed by atoms with van der Waals surface area (Å²) in [5.41, 5.74) is 0. The second-order valence-corrected chi connectivity index (χ2v) is 4.66. The maximum absolute atomic E-state index is 12.0. The SMILES string of the molecule is O=C(COc1ccc(OC(F)(F)F)cc1)c1cccs1. The molecule has 0 radical (unpaired) electrons. The third-order valence-electron chi connectivity index (χ3n) is 2.22. The summed E-state index contributed by atoms with van der Waals surface area (Å²) in [6, 6.07) is 8.29. The van der Waals surface area contributed by atoms with Crippen molar-refractivity contribution in [2.24, 2.45) is 0 Å². The Morgan fingerprint density at radius 2 is 1.75 bits per heavy atom. The van der Waals surface area contributed by atoms with Gasteiger partial charge in [-0.1, -0.05) is 6.07 Å². The number of hydrogen-bond donors (Lipinski definition) is 0. The Balaban J connectivity index is 1.89. The first-order valence-electron chi connectivity index (χ1n) is 5.49. The molecule has 1 aromatic carbocycles. The number of carbonyl (C=O) groups is 1. The normalized spacial score (nSPS) is 11.2. The summed E-state index contributed by atoms with van der Waals surface area (Å²) in [5.74, 6) is -0.227. The molecule has 0 N–H and O–H groups in total. The zero-order chi connectivity index (χ0) is 14.6. The van der Waals surface area contributed by atoms with Crippen LogP contribution in [0.15, 0.2) is 41.8 Å². The van der Waals surface area contributed by atoms with Gasteiger partial charge in [-0.2, -0.15) is 0 Å². The number of hydrogen-bond acceptors (Lipinski definition) is 4. The maximum atomic E-state index is 12.0. The van der Waals surface area contributed by atoms with Crippen molar-refractivity contribution in [3.05, 3.63) is 46.7 Å². The number of ether oxygens (including phenoxy) is 2. The van der Waals surface area contributed by atoms with Gasteiger partial charge < -0.3 is 9.47 Å². The van der Waals surface area contributed by atoms with E-state index in [0.29, 0.717) is 10.6 Å².